The van der Waals surface area contributed by atoms with E-state index in [1.807, 2.05) is 19.9 Å². The lowest BCUT2D eigenvalue weighted by Crippen LogP contribution is -2.28. The number of aryl methyl sites for hydroxylation is 3. The normalized spacial score (nSPS) is 15.4. The van der Waals surface area contributed by atoms with Gasteiger partial charge in [-0.15, -0.1) is 0 Å². The van der Waals surface area contributed by atoms with Crippen LogP contribution in [0.15, 0.2) is 41.1 Å². The highest BCUT2D eigenvalue weighted by atomic mass is 16.5. The topological polar surface area (TPSA) is 60.8 Å². The molecule has 1 aromatic carbocycles. The molecule has 0 radical (unpaired) electrons. The van der Waals surface area contributed by atoms with E-state index in [4.69, 9.17) is 9.47 Å². The summed E-state index contributed by atoms with van der Waals surface area (Å²) in [5.74, 6) is -0.730. The van der Waals surface area contributed by atoms with Gasteiger partial charge in [-0.2, -0.15) is 0 Å². The minimum Gasteiger partial charge on any atom is -0.465 e. The summed E-state index contributed by atoms with van der Waals surface area (Å²) in [7, 11) is 2.91. The molecular weight excluding hydrogens is 392 g/mol. The first-order valence-electron chi connectivity index (χ1n) is 10.3. The Morgan fingerprint density at radius 3 is 2.39 bits per heavy atom. The van der Waals surface area contributed by atoms with Gasteiger partial charge in [-0.3, -0.25) is 4.79 Å². The zero-order chi connectivity index (χ0) is 22.9. The molecule has 0 saturated heterocycles. The van der Waals surface area contributed by atoms with E-state index in [-0.39, 0.29) is 5.91 Å². The number of carbonyl (C=O) groups excluding carboxylic acids is 2. The second-order valence-corrected chi connectivity index (χ2v) is 7.91. The lowest BCUT2D eigenvalue weighted by molar-refractivity contribution is -0.136. The van der Waals surface area contributed by atoms with Crippen molar-refractivity contribution in [1.29, 1.82) is 0 Å². The molecule has 6 nitrogen and oxygen atoms in total. The number of rotatable bonds is 6. The molecule has 0 atom stereocenters. The van der Waals surface area contributed by atoms with Crippen LogP contribution in [0.1, 0.15) is 35.0 Å². The Morgan fingerprint density at radius 1 is 1.06 bits per heavy atom. The monoisotopic (exact) mass is 422 g/mol. The van der Waals surface area contributed by atoms with Crippen LogP contribution in [0.5, 0.6) is 0 Å². The highest BCUT2D eigenvalue weighted by Crippen LogP contribution is 2.33. The van der Waals surface area contributed by atoms with E-state index in [2.05, 4.69) is 36.6 Å². The standard InChI is InChI=1S/C25H30N2O4/c1-15-8-9-22(16(2)12-15)27-17(3)13-20(18(27)4)14-21-23(25(29)31-7)19(5)26(24(21)28)10-11-30-6/h8-9,12-14H,10-11H2,1-7H3/b21-14+. The maximum atomic E-state index is 13.2. The largest absolute Gasteiger partial charge is 0.465 e. The Labute approximate surface area is 183 Å². The van der Waals surface area contributed by atoms with Crippen LogP contribution in [0.25, 0.3) is 11.8 Å². The van der Waals surface area contributed by atoms with Gasteiger partial charge >= 0.3 is 5.97 Å². The number of nitrogens with zero attached hydrogens (tertiary/aromatic N) is 2. The number of aromatic nitrogens is 1. The number of esters is 1. The van der Waals surface area contributed by atoms with Crippen molar-refractivity contribution in [1.82, 2.24) is 9.47 Å². The van der Waals surface area contributed by atoms with E-state index in [1.54, 1.807) is 25.0 Å². The van der Waals surface area contributed by atoms with Crippen molar-refractivity contribution in [3.05, 3.63) is 69.2 Å². The van der Waals surface area contributed by atoms with Crippen molar-refractivity contribution in [2.24, 2.45) is 0 Å². The average Bonchev–Trinajstić information content (AvgIpc) is 3.13. The van der Waals surface area contributed by atoms with Crippen molar-refractivity contribution < 1.29 is 19.1 Å². The number of hydrogen-bond donors (Lipinski definition) is 0. The number of methoxy groups -OCH3 is 2. The minimum absolute atomic E-state index is 0.216. The van der Waals surface area contributed by atoms with Gasteiger partial charge in [-0.25, -0.2) is 4.79 Å². The van der Waals surface area contributed by atoms with E-state index < -0.39 is 5.97 Å². The van der Waals surface area contributed by atoms with Crippen molar-refractivity contribution in [3.8, 4) is 5.69 Å². The smallest absolute Gasteiger partial charge is 0.340 e. The average molecular weight is 423 g/mol. The molecule has 0 fully saturated rings. The summed E-state index contributed by atoms with van der Waals surface area (Å²) in [5.41, 5.74) is 7.68. The summed E-state index contributed by atoms with van der Waals surface area (Å²) in [4.78, 5) is 27.3. The summed E-state index contributed by atoms with van der Waals surface area (Å²) in [6, 6.07) is 8.40. The van der Waals surface area contributed by atoms with Crippen molar-refractivity contribution >= 4 is 18.0 Å². The van der Waals surface area contributed by atoms with E-state index in [0.29, 0.717) is 30.0 Å². The summed E-state index contributed by atoms with van der Waals surface area (Å²) < 4.78 is 12.3. The first kappa shape index (κ1) is 22.6. The Hall–Kier alpha value is -3.12. The molecule has 0 unspecified atom stereocenters. The lowest BCUT2D eigenvalue weighted by atomic mass is 10.0. The van der Waals surface area contributed by atoms with Crippen LogP contribution in [-0.2, 0) is 19.1 Å². The predicted molar refractivity (Wildman–Crippen MR) is 121 cm³/mol. The molecule has 0 N–H and O–H groups in total. The molecule has 3 rings (SSSR count). The predicted octanol–water partition coefficient (Wildman–Crippen LogP) is 4.03. The van der Waals surface area contributed by atoms with Gasteiger partial charge in [-0.1, -0.05) is 17.7 Å². The third kappa shape index (κ3) is 4.08. The van der Waals surface area contributed by atoms with Gasteiger partial charge in [0.1, 0.15) is 0 Å². The zero-order valence-electron chi connectivity index (χ0n) is 19.3. The van der Waals surface area contributed by atoms with E-state index >= 15 is 0 Å². The molecule has 1 aliphatic rings. The Bertz CT molecular complexity index is 1100. The highest BCUT2D eigenvalue weighted by molar-refractivity contribution is 6.16. The highest BCUT2D eigenvalue weighted by Gasteiger charge is 2.37. The maximum Gasteiger partial charge on any atom is 0.340 e. The molecule has 0 spiro atoms. The number of allylic oxidation sites excluding steroid dienone is 1. The molecule has 2 aromatic rings. The molecule has 0 aliphatic carbocycles. The molecule has 6 heteroatoms. The van der Waals surface area contributed by atoms with Crippen LogP contribution in [-0.4, -0.2) is 48.7 Å². The molecule has 0 saturated carbocycles. The summed E-state index contributed by atoms with van der Waals surface area (Å²) in [5, 5.41) is 0. The van der Waals surface area contributed by atoms with Crippen LogP contribution in [0.2, 0.25) is 0 Å². The van der Waals surface area contributed by atoms with Gasteiger partial charge in [0.25, 0.3) is 5.91 Å². The third-order valence-electron chi connectivity index (χ3n) is 5.78. The van der Waals surface area contributed by atoms with Crippen LogP contribution in [0.4, 0.5) is 0 Å². The Morgan fingerprint density at radius 2 is 1.77 bits per heavy atom. The zero-order valence-corrected chi connectivity index (χ0v) is 19.3. The van der Waals surface area contributed by atoms with E-state index in [1.165, 1.54) is 18.2 Å². The second kappa shape index (κ2) is 8.94. The number of ether oxygens (including phenoxy) is 2. The number of carbonyl (C=O) groups is 2. The van der Waals surface area contributed by atoms with Gasteiger partial charge in [-0.05, 0) is 64.0 Å². The second-order valence-electron chi connectivity index (χ2n) is 7.91. The quantitative estimate of drug-likeness (QED) is 0.521. The lowest BCUT2D eigenvalue weighted by Gasteiger charge is -2.16. The maximum absolute atomic E-state index is 13.2. The minimum atomic E-state index is -0.514. The first-order chi connectivity index (χ1) is 14.7. The third-order valence-corrected chi connectivity index (χ3v) is 5.78. The molecule has 0 bridgehead atoms. The molecule has 1 aliphatic heterocycles. The van der Waals surface area contributed by atoms with Crippen molar-refractivity contribution in [2.75, 3.05) is 27.4 Å². The fourth-order valence-corrected chi connectivity index (χ4v) is 4.20. The first-order valence-corrected chi connectivity index (χ1v) is 10.3. The van der Waals surface area contributed by atoms with Gasteiger partial charge in [0, 0.05) is 36.4 Å². The van der Waals surface area contributed by atoms with Crippen LogP contribution >= 0.6 is 0 Å². The van der Waals surface area contributed by atoms with Crippen molar-refractivity contribution in [2.45, 2.75) is 34.6 Å². The van der Waals surface area contributed by atoms with E-state index in [9.17, 15) is 9.59 Å². The van der Waals surface area contributed by atoms with Crippen LogP contribution in [0, 0.1) is 27.7 Å². The number of benzene rings is 1. The molecule has 31 heavy (non-hydrogen) atoms. The van der Waals surface area contributed by atoms with Gasteiger partial charge in [0.05, 0.1) is 24.9 Å². The van der Waals surface area contributed by atoms with Crippen molar-refractivity contribution in [3.63, 3.8) is 0 Å². The summed E-state index contributed by atoms with van der Waals surface area (Å²) in [6.45, 7) is 10.8. The molecule has 1 aromatic heterocycles. The fraction of sp³-hybridized carbons (Fsp3) is 0.360. The fourth-order valence-electron chi connectivity index (χ4n) is 4.20. The summed E-state index contributed by atoms with van der Waals surface area (Å²) >= 11 is 0. The SMILES string of the molecule is COCCN1C(=O)/C(=C/c2cc(C)n(-c3ccc(C)cc3C)c2C)C(C(=O)OC)=C1C. The molecule has 2 heterocycles. The van der Waals surface area contributed by atoms with Crippen LogP contribution in [0.3, 0.4) is 0 Å². The van der Waals surface area contributed by atoms with E-state index in [0.717, 1.165) is 22.6 Å². The van der Waals surface area contributed by atoms with Crippen LogP contribution < -0.4 is 0 Å². The molecular formula is C25H30N2O4. The molecule has 164 valence electrons. The summed E-state index contributed by atoms with van der Waals surface area (Å²) in [6.07, 6.45) is 1.80. The Kier molecular flexibility index (Phi) is 6.51. The number of amides is 1. The van der Waals surface area contributed by atoms with Gasteiger partial charge in [0.2, 0.25) is 0 Å². The Balaban J connectivity index is 2.12. The molecule has 1 amide bonds. The number of hydrogen-bond acceptors (Lipinski definition) is 4. The van der Waals surface area contributed by atoms with Gasteiger partial charge in [0.15, 0.2) is 0 Å². The van der Waals surface area contributed by atoms with Gasteiger partial charge < -0.3 is 18.9 Å².